The fraction of sp³-hybridized carbons (Fsp3) is 0.385. The maximum absolute atomic E-state index is 12.3. The number of amides is 1. The third-order valence-electron chi connectivity index (χ3n) is 3.08. The van der Waals surface area contributed by atoms with Crippen LogP contribution in [0.1, 0.15) is 16.1 Å². The topological polar surface area (TPSA) is 94.8 Å². The quantitative estimate of drug-likeness (QED) is 0.606. The molecule has 0 radical (unpaired) electrons. The van der Waals surface area contributed by atoms with Gasteiger partial charge in [-0.25, -0.2) is 4.79 Å². The van der Waals surface area contributed by atoms with Crippen molar-refractivity contribution in [1.82, 2.24) is 9.88 Å². The van der Waals surface area contributed by atoms with Gasteiger partial charge < -0.3 is 20.1 Å². The average molecular weight is 309 g/mol. The fourth-order valence-corrected chi connectivity index (χ4v) is 2.06. The normalized spacial score (nSPS) is 18.1. The second-order valence-corrected chi connectivity index (χ2v) is 4.87. The molecule has 1 amide bonds. The molecule has 8 heteroatoms. The number of rotatable bonds is 3. The molecule has 0 aromatic carbocycles. The van der Waals surface area contributed by atoms with E-state index in [0.717, 1.165) is 0 Å². The van der Waals surface area contributed by atoms with Crippen LogP contribution < -0.4 is 5.73 Å². The van der Waals surface area contributed by atoms with E-state index < -0.39 is 12.1 Å². The first kappa shape index (κ1) is 15.3. The van der Waals surface area contributed by atoms with Gasteiger partial charge in [0, 0.05) is 18.3 Å². The van der Waals surface area contributed by atoms with Crippen molar-refractivity contribution >= 4 is 29.1 Å². The summed E-state index contributed by atoms with van der Waals surface area (Å²) in [5.41, 5.74) is 6.34. The summed E-state index contributed by atoms with van der Waals surface area (Å²) in [5, 5.41) is 0. The Morgan fingerprint density at radius 2 is 2.29 bits per heavy atom. The van der Waals surface area contributed by atoms with Gasteiger partial charge >= 0.3 is 5.97 Å². The zero-order valence-electron chi connectivity index (χ0n) is 11.4. The Hall–Kier alpha value is -2.06. The molecule has 1 aliphatic heterocycles. The first-order valence-corrected chi connectivity index (χ1v) is 6.68. The van der Waals surface area contributed by atoms with Gasteiger partial charge in [-0.1, -0.05) is 12.2 Å². The molecule has 1 unspecified atom stereocenters. The highest BCUT2D eigenvalue weighted by Crippen LogP contribution is 2.11. The lowest BCUT2D eigenvalue weighted by Crippen LogP contribution is -2.49. The Bertz CT molecular complexity index is 561. The first-order chi connectivity index (χ1) is 10.0. The maximum atomic E-state index is 12.3. The van der Waals surface area contributed by atoms with Gasteiger partial charge in [0.15, 0.2) is 6.10 Å². The highest BCUT2D eigenvalue weighted by Gasteiger charge is 2.30. The molecule has 2 rings (SSSR count). The number of ether oxygens (including phenoxy) is 2. The minimum atomic E-state index is -0.761. The lowest BCUT2D eigenvalue weighted by Gasteiger charge is -2.31. The number of esters is 1. The number of aromatic nitrogens is 1. The van der Waals surface area contributed by atoms with Crippen LogP contribution in [0.25, 0.3) is 0 Å². The molecule has 1 aliphatic rings. The van der Waals surface area contributed by atoms with Crippen molar-refractivity contribution < 1.29 is 19.1 Å². The Morgan fingerprint density at radius 1 is 1.52 bits per heavy atom. The number of methoxy groups -OCH3 is 1. The number of hydrogen-bond donors (Lipinski definition) is 1. The van der Waals surface area contributed by atoms with Crippen molar-refractivity contribution in [2.45, 2.75) is 6.10 Å². The summed E-state index contributed by atoms with van der Waals surface area (Å²) in [6.45, 7) is 0.811. The predicted octanol–water partition coefficient (Wildman–Crippen LogP) is -0.270. The van der Waals surface area contributed by atoms with Crippen LogP contribution in [0, 0.1) is 0 Å². The molecule has 0 saturated carbocycles. The Morgan fingerprint density at radius 3 is 2.86 bits per heavy atom. The van der Waals surface area contributed by atoms with Crippen LogP contribution in [0.2, 0.25) is 0 Å². The van der Waals surface area contributed by atoms with E-state index in [1.54, 1.807) is 12.1 Å². The molecule has 2 N–H and O–H groups in total. The zero-order chi connectivity index (χ0) is 15.4. The molecule has 21 heavy (non-hydrogen) atoms. The van der Waals surface area contributed by atoms with Crippen LogP contribution >= 0.6 is 12.2 Å². The standard InChI is InChI=1S/C13H15N3O4S/c1-19-13(18)10-7-16(4-5-20-10)12(17)9-3-2-8(6-15-9)11(14)21/h2-3,6,10H,4-5,7H2,1H3,(H2,14,21). The molecule has 2 heterocycles. The average Bonchev–Trinajstić information content (AvgIpc) is 2.53. The van der Waals surface area contributed by atoms with Crippen molar-refractivity contribution in [2.75, 3.05) is 26.8 Å². The second-order valence-electron chi connectivity index (χ2n) is 4.43. The van der Waals surface area contributed by atoms with E-state index in [2.05, 4.69) is 9.72 Å². The molecule has 0 aliphatic carbocycles. The first-order valence-electron chi connectivity index (χ1n) is 6.27. The largest absolute Gasteiger partial charge is 0.467 e. The second kappa shape index (κ2) is 6.59. The number of thiocarbonyl (C=S) groups is 1. The zero-order valence-corrected chi connectivity index (χ0v) is 12.3. The van der Waals surface area contributed by atoms with E-state index in [9.17, 15) is 9.59 Å². The fourth-order valence-electron chi connectivity index (χ4n) is 1.94. The minimum Gasteiger partial charge on any atom is -0.467 e. The molecule has 0 bridgehead atoms. The van der Waals surface area contributed by atoms with E-state index in [1.165, 1.54) is 18.2 Å². The van der Waals surface area contributed by atoms with Gasteiger partial charge in [0.2, 0.25) is 0 Å². The van der Waals surface area contributed by atoms with Crippen molar-refractivity contribution in [3.63, 3.8) is 0 Å². The summed E-state index contributed by atoms with van der Waals surface area (Å²) >= 11 is 4.83. The Balaban J connectivity index is 2.08. The number of hydrogen-bond acceptors (Lipinski definition) is 6. The highest BCUT2D eigenvalue weighted by atomic mass is 32.1. The molecule has 1 aromatic heterocycles. The smallest absolute Gasteiger partial charge is 0.336 e. The van der Waals surface area contributed by atoms with Crippen LogP contribution in [0.3, 0.4) is 0 Å². The number of carbonyl (C=O) groups is 2. The van der Waals surface area contributed by atoms with Crippen LogP contribution in [0.4, 0.5) is 0 Å². The molecule has 1 aromatic rings. The van der Waals surface area contributed by atoms with Crippen LogP contribution in [0.5, 0.6) is 0 Å². The van der Waals surface area contributed by atoms with Gasteiger partial charge in [-0.3, -0.25) is 9.78 Å². The Labute approximate surface area is 127 Å². The summed E-state index contributed by atoms with van der Waals surface area (Å²) in [7, 11) is 1.28. The highest BCUT2D eigenvalue weighted by molar-refractivity contribution is 7.80. The van der Waals surface area contributed by atoms with E-state index in [0.29, 0.717) is 12.1 Å². The summed E-state index contributed by atoms with van der Waals surface area (Å²) in [6, 6.07) is 3.19. The number of pyridine rings is 1. The van der Waals surface area contributed by atoms with Crippen LogP contribution in [0.15, 0.2) is 18.3 Å². The third-order valence-corrected chi connectivity index (χ3v) is 3.32. The van der Waals surface area contributed by atoms with E-state index in [4.69, 9.17) is 22.7 Å². The molecule has 1 atom stereocenters. The van der Waals surface area contributed by atoms with Gasteiger partial charge in [0.25, 0.3) is 5.91 Å². The molecule has 0 spiro atoms. The lowest BCUT2D eigenvalue weighted by molar-refractivity contribution is -0.158. The van der Waals surface area contributed by atoms with Gasteiger partial charge in [0.1, 0.15) is 10.7 Å². The summed E-state index contributed by atoms with van der Waals surface area (Å²) in [6.07, 6.45) is 0.692. The minimum absolute atomic E-state index is 0.143. The maximum Gasteiger partial charge on any atom is 0.336 e. The van der Waals surface area contributed by atoms with E-state index >= 15 is 0 Å². The van der Waals surface area contributed by atoms with Crippen molar-refractivity contribution in [3.8, 4) is 0 Å². The summed E-state index contributed by atoms with van der Waals surface area (Å²) in [5.74, 6) is -0.772. The molecular formula is C13H15N3O4S. The molecule has 1 saturated heterocycles. The Kier molecular flexibility index (Phi) is 4.81. The van der Waals surface area contributed by atoms with Gasteiger partial charge in [-0.2, -0.15) is 0 Å². The SMILES string of the molecule is COC(=O)C1CN(C(=O)c2ccc(C(N)=S)cn2)CCO1. The lowest BCUT2D eigenvalue weighted by atomic mass is 10.2. The third kappa shape index (κ3) is 3.53. The monoisotopic (exact) mass is 309 g/mol. The molecular weight excluding hydrogens is 294 g/mol. The molecule has 7 nitrogen and oxygen atoms in total. The summed E-state index contributed by atoms with van der Waals surface area (Å²) < 4.78 is 9.89. The van der Waals surface area contributed by atoms with Gasteiger partial charge in [-0.15, -0.1) is 0 Å². The van der Waals surface area contributed by atoms with Crippen molar-refractivity contribution in [1.29, 1.82) is 0 Å². The van der Waals surface area contributed by atoms with Crippen molar-refractivity contribution in [2.24, 2.45) is 5.73 Å². The van der Waals surface area contributed by atoms with Gasteiger partial charge in [0.05, 0.1) is 20.3 Å². The van der Waals surface area contributed by atoms with E-state index in [-0.39, 0.29) is 29.7 Å². The van der Waals surface area contributed by atoms with Crippen LogP contribution in [-0.2, 0) is 14.3 Å². The number of nitrogens with two attached hydrogens (primary N) is 1. The van der Waals surface area contributed by atoms with Crippen molar-refractivity contribution in [3.05, 3.63) is 29.6 Å². The van der Waals surface area contributed by atoms with E-state index in [1.807, 2.05) is 0 Å². The predicted molar refractivity (Wildman–Crippen MR) is 77.8 cm³/mol. The summed E-state index contributed by atoms with van der Waals surface area (Å²) in [4.78, 5) is 29.6. The molecule has 112 valence electrons. The van der Waals surface area contributed by atoms with Gasteiger partial charge in [-0.05, 0) is 12.1 Å². The number of morpholine rings is 1. The molecule has 1 fully saturated rings. The van der Waals surface area contributed by atoms with Crippen LogP contribution in [-0.4, -0.2) is 59.7 Å². The number of nitrogens with zero attached hydrogens (tertiary/aromatic N) is 2. The number of carbonyl (C=O) groups excluding carboxylic acids is 2.